The van der Waals surface area contributed by atoms with Crippen LogP contribution in [0.1, 0.15) is 38.8 Å². The molecule has 0 aliphatic carbocycles. The van der Waals surface area contributed by atoms with Gasteiger partial charge in [-0.2, -0.15) is 0 Å². The summed E-state index contributed by atoms with van der Waals surface area (Å²) in [6.07, 6.45) is 1.12. The highest BCUT2D eigenvalue weighted by Gasteiger charge is 2.13. The normalized spacial score (nSPS) is 11.8. The van der Waals surface area contributed by atoms with Crippen molar-refractivity contribution in [2.45, 2.75) is 40.7 Å². The Morgan fingerprint density at radius 3 is 2.19 bits per heavy atom. The first-order valence-electron chi connectivity index (χ1n) is 6.05. The lowest BCUT2D eigenvalue weighted by molar-refractivity contribution is 0.408. The Balaban J connectivity index is 2.68. The van der Waals surface area contributed by atoms with Crippen molar-refractivity contribution in [2.24, 2.45) is 5.41 Å². The number of nitrogens with one attached hydrogen (secondary N) is 2. The summed E-state index contributed by atoms with van der Waals surface area (Å²) in [6.45, 7) is 10.8. The van der Waals surface area contributed by atoms with Crippen molar-refractivity contribution < 1.29 is 0 Å². The van der Waals surface area contributed by atoms with E-state index < -0.39 is 0 Å². The number of rotatable bonds is 5. The topological polar surface area (TPSA) is 24.1 Å². The van der Waals surface area contributed by atoms with E-state index in [9.17, 15) is 0 Å². The van der Waals surface area contributed by atoms with Crippen LogP contribution in [-0.2, 0) is 13.0 Å². The molecule has 0 amide bonds. The fourth-order valence-corrected chi connectivity index (χ4v) is 1.76. The van der Waals surface area contributed by atoms with Gasteiger partial charge in [-0.25, -0.2) is 0 Å². The molecule has 2 nitrogen and oxygen atoms in total. The molecule has 0 saturated carbocycles. The van der Waals surface area contributed by atoms with Crippen LogP contribution in [-0.4, -0.2) is 6.54 Å². The number of hydrazine groups is 1. The van der Waals surface area contributed by atoms with Crippen LogP contribution in [0.3, 0.4) is 0 Å². The zero-order chi connectivity index (χ0) is 12.0. The van der Waals surface area contributed by atoms with E-state index in [-0.39, 0.29) is 0 Å². The van der Waals surface area contributed by atoms with Crippen LogP contribution in [0, 0.1) is 5.41 Å². The Labute approximate surface area is 99.4 Å². The Bertz CT molecular complexity index is 313. The van der Waals surface area contributed by atoms with E-state index in [1.165, 1.54) is 11.1 Å². The average Bonchev–Trinajstić information content (AvgIpc) is 2.19. The number of hydrogen-bond acceptors (Lipinski definition) is 2. The molecule has 0 fully saturated rings. The molecule has 0 aromatic heterocycles. The molecule has 1 rings (SSSR count). The van der Waals surface area contributed by atoms with Crippen LogP contribution in [0.25, 0.3) is 0 Å². The van der Waals surface area contributed by atoms with Crippen LogP contribution in [0.5, 0.6) is 0 Å². The van der Waals surface area contributed by atoms with Crippen molar-refractivity contribution in [3.05, 3.63) is 35.4 Å². The van der Waals surface area contributed by atoms with Gasteiger partial charge in [0.15, 0.2) is 0 Å². The molecular formula is C14H24N2. The highest BCUT2D eigenvalue weighted by molar-refractivity contribution is 5.27. The minimum atomic E-state index is 0.342. The van der Waals surface area contributed by atoms with Gasteiger partial charge in [-0.1, -0.05) is 52.0 Å². The average molecular weight is 220 g/mol. The van der Waals surface area contributed by atoms with Gasteiger partial charge in [0.05, 0.1) is 0 Å². The Kier molecular flexibility index (Phi) is 4.97. The van der Waals surface area contributed by atoms with E-state index in [4.69, 9.17) is 0 Å². The third kappa shape index (κ3) is 4.77. The predicted octanol–water partition coefficient (Wildman–Crippen LogP) is 2.89. The van der Waals surface area contributed by atoms with Gasteiger partial charge in [-0.3, -0.25) is 10.9 Å². The molecule has 0 radical (unpaired) electrons. The first-order chi connectivity index (χ1) is 7.53. The maximum Gasteiger partial charge on any atom is 0.0353 e. The SMILES string of the molecule is CCNNCc1ccccc1CC(C)(C)C. The van der Waals surface area contributed by atoms with Gasteiger partial charge >= 0.3 is 0 Å². The molecule has 2 heteroatoms. The third-order valence-electron chi connectivity index (χ3n) is 2.42. The molecule has 0 aliphatic rings. The fourth-order valence-electron chi connectivity index (χ4n) is 1.76. The smallest absolute Gasteiger partial charge is 0.0353 e. The molecule has 2 N–H and O–H groups in total. The lowest BCUT2D eigenvalue weighted by atomic mass is 9.86. The molecule has 0 atom stereocenters. The predicted molar refractivity (Wildman–Crippen MR) is 70.1 cm³/mol. The second-order valence-corrected chi connectivity index (χ2v) is 5.39. The minimum absolute atomic E-state index is 0.342. The molecule has 16 heavy (non-hydrogen) atoms. The minimum Gasteiger partial charge on any atom is -0.258 e. The molecule has 0 heterocycles. The summed E-state index contributed by atoms with van der Waals surface area (Å²) < 4.78 is 0. The third-order valence-corrected chi connectivity index (χ3v) is 2.42. The summed E-state index contributed by atoms with van der Waals surface area (Å²) in [5.41, 5.74) is 9.54. The van der Waals surface area contributed by atoms with Crippen molar-refractivity contribution in [1.29, 1.82) is 0 Å². The highest BCUT2D eigenvalue weighted by Crippen LogP contribution is 2.22. The molecule has 90 valence electrons. The van der Waals surface area contributed by atoms with Gasteiger partial charge in [0.2, 0.25) is 0 Å². The Morgan fingerprint density at radius 2 is 1.62 bits per heavy atom. The molecule has 0 bridgehead atoms. The van der Waals surface area contributed by atoms with Crippen molar-refractivity contribution in [3.8, 4) is 0 Å². The summed E-state index contributed by atoms with van der Waals surface area (Å²) >= 11 is 0. The van der Waals surface area contributed by atoms with Crippen molar-refractivity contribution >= 4 is 0 Å². The van der Waals surface area contributed by atoms with Crippen molar-refractivity contribution in [3.63, 3.8) is 0 Å². The fraction of sp³-hybridized carbons (Fsp3) is 0.571. The van der Waals surface area contributed by atoms with Gasteiger partial charge in [-0.05, 0) is 23.0 Å². The lowest BCUT2D eigenvalue weighted by Gasteiger charge is -2.20. The largest absolute Gasteiger partial charge is 0.258 e. The zero-order valence-corrected chi connectivity index (χ0v) is 10.9. The molecular weight excluding hydrogens is 196 g/mol. The molecule has 0 spiro atoms. The van der Waals surface area contributed by atoms with Crippen molar-refractivity contribution in [2.75, 3.05) is 6.54 Å². The molecule has 1 aromatic carbocycles. The maximum atomic E-state index is 3.23. The number of benzene rings is 1. The summed E-state index contributed by atoms with van der Waals surface area (Å²) in [7, 11) is 0. The van der Waals surface area contributed by atoms with Crippen LogP contribution in [0.15, 0.2) is 24.3 Å². The van der Waals surface area contributed by atoms with Crippen LogP contribution in [0.4, 0.5) is 0 Å². The van der Waals surface area contributed by atoms with Gasteiger partial charge in [0.25, 0.3) is 0 Å². The quantitative estimate of drug-likeness (QED) is 0.589. The zero-order valence-electron chi connectivity index (χ0n) is 10.9. The standard InChI is InChI=1S/C14H24N2/c1-5-15-16-11-13-9-7-6-8-12(13)10-14(2,3)4/h6-9,15-16H,5,10-11H2,1-4H3. The lowest BCUT2D eigenvalue weighted by Crippen LogP contribution is -2.31. The number of hydrogen-bond donors (Lipinski definition) is 2. The molecule has 0 aliphatic heterocycles. The monoisotopic (exact) mass is 220 g/mol. The summed E-state index contributed by atoms with van der Waals surface area (Å²) in [4.78, 5) is 0. The van der Waals surface area contributed by atoms with Gasteiger partial charge in [-0.15, -0.1) is 0 Å². The van der Waals surface area contributed by atoms with E-state index in [1.807, 2.05) is 0 Å². The Morgan fingerprint density at radius 1 is 1.00 bits per heavy atom. The van der Waals surface area contributed by atoms with Gasteiger partial charge < -0.3 is 0 Å². The molecule has 0 unspecified atom stereocenters. The van der Waals surface area contributed by atoms with Crippen LogP contribution >= 0.6 is 0 Å². The summed E-state index contributed by atoms with van der Waals surface area (Å²) in [5.74, 6) is 0. The van der Waals surface area contributed by atoms with E-state index in [1.54, 1.807) is 0 Å². The van der Waals surface area contributed by atoms with E-state index in [2.05, 4.69) is 62.8 Å². The maximum absolute atomic E-state index is 3.23. The Hall–Kier alpha value is -0.860. The second kappa shape index (κ2) is 6.02. The summed E-state index contributed by atoms with van der Waals surface area (Å²) in [5, 5.41) is 0. The van der Waals surface area contributed by atoms with Crippen molar-refractivity contribution in [1.82, 2.24) is 10.9 Å². The second-order valence-electron chi connectivity index (χ2n) is 5.39. The van der Waals surface area contributed by atoms with E-state index in [0.29, 0.717) is 5.41 Å². The first-order valence-corrected chi connectivity index (χ1v) is 6.05. The van der Waals surface area contributed by atoms with Crippen LogP contribution < -0.4 is 10.9 Å². The van der Waals surface area contributed by atoms with E-state index in [0.717, 1.165) is 19.5 Å². The van der Waals surface area contributed by atoms with E-state index >= 15 is 0 Å². The first kappa shape index (κ1) is 13.2. The molecule has 0 saturated heterocycles. The summed E-state index contributed by atoms with van der Waals surface area (Å²) in [6, 6.07) is 8.66. The van der Waals surface area contributed by atoms with Gasteiger partial charge in [0.1, 0.15) is 0 Å². The van der Waals surface area contributed by atoms with Gasteiger partial charge in [0, 0.05) is 13.1 Å². The molecule has 1 aromatic rings. The van der Waals surface area contributed by atoms with Crippen LogP contribution in [0.2, 0.25) is 0 Å². The highest BCUT2D eigenvalue weighted by atomic mass is 15.3.